The van der Waals surface area contributed by atoms with Crippen molar-refractivity contribution in [1.82, 2.24) is 4.31 Å². The third kappa shape index (κ3) is 6.09. The second-order valence-electron chi connectivity index (χ2n) is 3.70. The molecule has 5 nitrogen and oxygen atoms in total. The highest BCUT2D eigenvalue weighted by Gasteiger charge is 2.20. The summed E-state index contributed by atoms with van der Waals surface area (Å²) in [5, 5.41) is 9.04. The van der Waals surface area contributed by atoms with E-state index in [4.69, 9.17) is 9.84 Å². The Balaban J connectivity index is 4.38. The van der Waals surface area contributed by atoms with E-state index in [0.29, 0.717) is 6.54 Å². The maximum absolute atomic E-state index is 11.3. The fourth-order valence-electron chi connectivity index (χ4n) is 1.25. The summed E-state index contributed by atoms with van der Waals surface area (Å²) < 4.78 is 29.2. The Bertz CT molecular complexity index is 263. The summed E-state index contributed by atoms with van der Waals surface area (Å²) in [4.78, 5) is 0. The summed E-state index contributed by atoms with van der Waals surface area (Å²) >= 11 is 0. The van der Waals surface area contributed by atoms with Gasteiger partial charge in [-0.25, -0.2) is 8.42 Å². The zero-order valence-electron chi connectivity index (χ0n) is 9.80. The van der Waals surface area contributed by atoms with Gasteiger partial charge in [-0.3, -0.25) is 0 Å². The molecule has 0 unspecified atom stereocenters. The molecule has 0 aromatic rings. The van der Waals surface area contributed by atoms with E-state index in [1.807, 2.05) is 13.8 Å². The number of aliphatic hydroxyl groups excluding tert-OH is 1. The summed E-state index contributed by atoms with van der Waals surface area (Å²) in [5.74, 6) is 0. The van der Waals surface area contributed by atoms with Crippen LogP contribution in [0, 0.1) is 0 Å². The minimum Gasteiger partial charge on any atom is -0.394 e. The lowest BCUT2D eigenvalue weighted by atomic mass is 10.3. The number of rotatable bonds is 7. The van der Waals surface area contributed by atoms with Gasteiger partial charge in [0, 0.05) is 13.1 Å². The van der Waals surface area contributed by atoms with Crippen molar-refractivity contribution in [1.29, 1.82) is 0 Å². The molecule has 0 saturated heterocycles. The van der Waals surface area contributed by atoms with Gasteiger partial charge in [0.05, 0.1) is 25.1 Å². The summed E-state index contributed by atoms with van der Waals surface area (Å²) in [6.45, 7) is 5.86. The maximum Gasteiger partial charge on any atom is 0.211 e. The van der Waals surface area contributed by atoms with Gasteiger partial charge in [0.1, 0.15) is 0 Å². The summed E-state index contributed by atoms with van der Waals surface area (Å²) in [6, 6.07) is 0. The minimum absolute atomic E-state index is 0.0274. The van der Waals surface area contributed by atoms with Crippen molar-refractivity contribution in [3.05, 3.63) is 0 Å². The number of ether oxygens (including phenoxy) is 1. The smallest absolute Gasteiger partial charge is 0.211 e. The van der Waals surface area contributed by atoms with Gasteiger partial charge in [-0.15, -0.1) is 0 Å². The van der Waals surface area contributed by atoms with Gasteiger partial charge in [0.2, 0.25) is 10.0 Å². The molecule has 0 heterocycles. The van der Waals surface area contributed by atoms with Crippen LogP contribution >= 0.6 is 0 Å². The van der Waals surface area contributed by atoms with Gasteiger partial charge in [-0.1, -0.05) is 6.92 Å². The highest BCUT2D eigenvalue weighted by molar-refractivity contribution is 7.88. The molecule has 0 aliphatic heterocycles. The first-order chi connectivity index (χ1) is 6.81. The molecule has 0 fully saturated rings. The number of hydrogen-bond donors (Lipinski definition) is 1. The lowest BCUT2D eigenvalue weighted by Crippen LogP contribution is -2.40. The van der Waals surface area contributed by atoms with Gasteiger partial charge < -0.3 is 9.84 Å². The topological polar surface area (TPSA) is 66.8 Å². The number of nitrogens with zero attached hydrogens (tertiary/aromatic N) is 1. The molecule has 0 spiro atoms. The van der Waals surface area contributed by atoms with Crippen molar-refractivity contribution in [3.8, 4) is 0 Å². The van der Waals surface area contributed by atoms with Crippen LogP contribution in [0.1, 0.15) is 20.8 Å². The molecule has 0 aromatic carbocycles. The van der Waals surface area contributed by atoms with E-state index < -0.39 is 16.1 Å². The number of likely N-dealkylation sites (N-methyl/N-ethyl adjacent to an activating group) is 1. The molecule has 0 radical (unpaired) electrons. The van der Waals surface area contributed by atoms with Crippen molar-refractivity contribution in [2.75, 3.05) is 26.0 Å². The van der Waals surface area contributed by atoms with Crippen LogP contribution < -0.4 is 0 Å². The molecule has 0 aromatic heterocycles. The standard InChI is InChI=1S/C9H21NO4S/c1-5-10(15(4,12)13)6-9(7-11)14-8(2)3/h8-9,11H,5-7H2,1-4H3/t9-/m0/s1. The Kier molecular flexibility index (Phi) is 6.35. The summed E-state index contributed by atoms with van der Waals surface area (Å²) in [6.07, 6.45) is 0.667. The molecule has 1 atom stereocenters. The molecule has 0 bridgehead atoms. The molecule has 0 aliphatic rings. The minimum atomic E-state index is -3.21. The predicted octanol–water partition coefficient (Wildman–Crippen LogP) is 0.0538. The Labute approximate surface area is 92.1 Å². The Morgan fingerprint density at radius 1 is 1.40 bits per heavy atom. The van der Waals surface area contributed by atoms with Crippen molar-refractivity contribution in [2.24, 2.45) is 0 Å². The SMILES string of the molecule is CCN(C[C@@H](CO)OC(C)C)S(C)(=O)=O. The van der Waals surface area contributed by atoms with Gasteiger partial charge in [0.25, 0.3) is 0 Å². The van der Waals surface area contributed by atoms with Crippen LogP contribution in [0.5, 0.6) is 0 Å². The molecule has 6 heteroatoms. The maximum atomic E-state index is 11.3. The fraction of sp³-hybridized carbons (Fsp3) is 1.00. The zero-order chi connectivity index (χ0) is 12.1. The second-order valence-corrected chi connectivity index (χ2v) is 5.69. The molecule has 0 saturated carbocycles. The molecule has 92 valence electrons. The molecule has 0 aliphatic carbocycles. The van der Waals surface area contributed by atoms with Crippen LogP contribution in [0.3, 0.4) is 0 Å². The Hall–Kier alpha value is -0.170. The van der Waals surface area contributed by atoms with Crippen LogP contribution in [0.25, 0.3) is 0 Å². The third-order valence-electron chi connectivity index (χ3n) is 1.90. The highest BCUT2D eigenvalue weighted by atomic mass is 32.2. The van der Waals surface area contributed by atoms with Gasteiger partial charge in [-0.2, -0.15) is 4.31 Å². The molecule has 1 N–H and O–H groups in total. The molecular formula is C9H21NO4S. The van der Waals surface area contributed by atoms with E-state index in [1.165, 1.54) is 4.31 Å². The number of hydrogen-bond acceptors (Lipinski definition) is 4. The van der Waals surface area contributed by atoms with Crippen LogP contribution in [-0.2, 0) is 14.8 Å². The molecule has 0 amide bonds. The largest absolute Gasteiger partial charge is 0.394 e. The van der Waals surface area contributed by atoms with Crippen LogP contribution in [0.2, 0.25) is 0 Å². The lowest BCUT2D eigenvalue weighted by molar-refractivity contribution is -0.0299. The summed E-state index contributed by atoms with van der Waals surface area (Å²) in [7, 11) is -3.21. The van der Waals surface area contributed by atoms with Crippen LogP contribution in [0.15, 0.2) is 0 Å². The number of aliphatic hydroxyl groups is 1. The van der Waals surface area contributed by atoms with E-state index >= 15 is 0 Å². The van der Waals surface area contributed by atoms with Crippen molar-refractivity contribution < 1.29 is 18.3 Å². The van der Waals surface area contributed by atoms with Crippen LogP contribution in [0.4, 0.5) is 0 Å². The fourth-order valence-corrected chi connectivity index (χ4v) is 2.16. The quantitative estimate of drug-likeness (QED) is 0.682. The van der Waals surface area contributed by atoms with E-state index in [1.54, 1.807) is 6.92 Å². The van der Waals surface area contributed by atoms with E-state index in [0.717, 1.165) is 6.26 Å². The first-order valence-electron chi connectivity index (χ1n) is 5.02. The molecule has 0 rings (SSSR count). The van der Waals surface area contributed by atoms with Gasteiger partial charge in [0.15, 0.2) is 0 Å². The highest BCUT2D eigenvalue weighted by Crippen LogP contribution is 2.04. The van der Waals surface area contributed by atoms with Crippen LogP contribution in [-0.4, -0.2) is 56.0 Å². The van der Waals surface area contributed by atoms with Gasteiger partial charge in [-0.05, 0) is 13.8 Å². The molecular weight excluding hydrogens is 218 g/mol. The zero-order valence-corrected chi connectivity index (χ0v) is 10.6. The van der Waals surface area contributed by atoms with E-state index in [-0.39, 0.29) is 19.3 Å². The normalized spacial score (nSPS) is 14.9. The third-order valence-corrected chi connectivity index (χ3v) is 3.24. The van der Waals surface area contributed by atoms with Crippen molar-refractivity contribution in [3.63, 3.8) is 0 Å². The van der Waals surface area contributed by atoms with E-state index in [9.17, 15) is 8.42 Å². The average Bonchev–Trinajstić information content (AvgIpc) is 2.09. The average molecular weight is 239 g/mol. The first kappa shape index (κ1) is 14.8. The molecule has 15 heavy (non-hydrogen) atoms. The predicted molar refractivity (Wildman–Crippen MR) is 59.2 cm³/mol. The monoisotopic (exact) mass is 239 g/mol. The summed E-state index contributed by atoms with van der Waals surface area (Å²) in [5.41, 5.74) is 0. The van der Waals surface area contributed by atoms with Gasteiger partial charge >= 0.3 is 0 Å². The Morgan fingerprint density at radius 2 is 1.93 bits per heavy atom. The van der Waals surface area contributed by atoms with Crippen molar-refractivity contribution in [2.45, 2.75) is 33.0 Å². The van der Waals surface area contributed by atoms with Crippen molar-refractivity contribution >= 4 is 10.0 Å². The first-order valence-corrected chi connectivity index (χ1v) is 6.87. The lowest BCUT2D eigenvalue weighted by Gasteiger charge is -2.24. The van der Waals surface area contributed by atoms with E-state index in [2.05, 4.69) is 0 Å². The second kappa shape index (κ2) is 6.42. The number of sulfonamides is 1. The Morgan fingerprint density at radius 3 is 2.20 bits per heavy atom.